The predicted molar refractivity (Wildman–Crippen MR) is 568 cm³/mol. The zero-order valence-corrected chi connectivity index (χ0v) is 90.0. The molecule has 0 atom stereocenters. The number of rotatable bonds is 53. The first-order valence-electron chi connectivity index (χ1n) is 48.7. The minimum absolute atomic E-state index is 0.241. The Balaban J connectivity index is 0.000000263. The minimum atomic E-state index is -3.56. The Kier molecular flexibility index (Phi) is 50.7. The molecule has 0 bridgehead atoms. The maximum Gasteiger partial charge on any atom is 0.336 e. The van der Waals surface area contributed by atoms with Crippen molar-refractivity contribution < 1.29 is 68.4 Å². The van der Waals surface area contributed by atoms with Crippen LogP contribution in [0.2, 0.25) is 5.02 Å². The largest absolute Gasteiger partial charge is 0.422 e. The summed E-state index contributed by atoms with van der Waals surface area (Å²) in [4.78, 5) is 13.9. The van der Waals surface area contributed by atoms with E-state index < -0.39 is 74.8 Å². The Morgan fingerprint density at radius 3 is 1.20 bits per heavy atom. The summed E-state index contributed by atoms with van der Waals surface area (Å²) >= 11 is 7.66. The van der Waals surface area contributed by atoms with E-state index in [1.165, 1.54) is 34.0 Å². The van der Waals surface area contributed by atoms with E-state index in [1.54, 1.807) is 135 Å². The highest BCUT2D eigenvalue weighted by atomic mass is 35.5. The van der Waals surface area contributed by atoms with Gasteiger partial charge in [0.15, 0.2) is 49.2 Å². The van der Waals surface area contributed by atoms with E-state index in [0.717, 1.165) is 250 Å². The molecule has 3 heterocycles. The molecule has 31 heteroatoms. The summed E-state index contributed by atoms with van der Waals surface area (Å²) in [5.41, 5.74) is 11.3. The van der Waals surface area contributed by atoms with Crippen molar-refractivity contribution >= 4 is 120 Å². The van der Waals surface area contributed by atoms with Crippen LogP contribution in [0, 0.1) is 13.8 Å². The first-order valence-corrected chi connectivity index (χ1v) is 61.9. The fraction of sp³-hybridized carbons (Fsp3) is 0.552. The molecule has 7 aromatic carbocycles. The van der Waals surface area contributed by atoms with Crippen molar-refractivity contribution in [2.75, 3.05) is 62.5 Å². The van der Waals surface area contributed by atoms with E-state index in [1.807, 2.05) is 79.7 Å². The summed E-state index contributed by atoms with van der Waals surface area (Å²) in [6.07, 6.45) is 32.2. The number of sulfonamides is 2. The molecular weight excluding hydrogens is 1900 g/mol. The van der Waals surface area contributed by atoms with E-state index in [2.05, 4.69) is 73.9 Å². The van der Waals surface area contributed by atoms with Crippen LogP contribution < -0.4 is 20.0 Å². The predicted octanol–water partition coefficient (Wildman–Crippen LogP) is 23.6. The lowest BCUT2D eigenvalue weighted by Gasteiger charge is -2.40. The average Bonchev–Trinajstić information content (AvgIpc) is 0.933. The minimum Gasteiger partial charge on any atom is -0.422 e. The van der Waals surface area contributed by atoms with Crippen molar-refractivity contribution in [3.05, 3.63) is 235 Å². The van der Waals surface area contributed by atoms with Crippen LogP contribution in [0.15, 0.2) is 190 Å². The van der Waals surface area contributed by atoms with Gasteiger partial charge in [-0.15, -0.1) is 10.2 Å². The summed E-state index contributed by atoms with van der Waals surface area (Å²) in [5, 5.41) is 22.0. The Morgan fingerprint density at radius 1 is 0.404 bits per heavy atom. The SMILES string of the molecule is CC(C)S(=O)(=O)CCCCCCCc1ccc(NS(=O)(=O)c2ccccc2)cc1.CC(C)S(=O)(=O)CCCCCCCc1ccc(NS(C)(=O)=O)cc1.CC(C)S(=O)(=O)CCCCCCCc1nnc(-c2ccccc2)s1.Cc1cc(CCCCCCCS(=O)(=O)C(C)C)cc2ccc(=O)oc12.Cc1cc(N2CCC(O)(c3ccc(Cl)cc3)CC2)ccc1CCCCCCCS(=O)(=O)C(C)C. The third kappa shape index (κ3) is 44.2. The molecule has 136 heavy (non-hydrogen) atoms. The topological polar surface area (TPSA) is 342 Å². The van der Waals surface area contributed by atoms with Gasteiger partial charge in [0.1, 0.15) is 15.6 Å². The van der Waals surface area contributed by atoms with Crippen LogP contribution in [-0.2, 0) is 107 Å². The summed E-state index contributed by atoms with van der Waals surface area (Å²) in [6, 6.07) is 55.0. The van der Waals surface area contributed by atoms with Gasteiger partial charge in [0.2, 0.25) is 10.0 Å². The van der Waals surface area contributed by atoms with Gasteiger partial charge in [0, 0.05) is 58.6 Å². The lowest BCUT2D eigenvalue weighted by molar-refractivity contribution is 0.0118. The highest BCUT2D eigenvalue weighted by molar-refractivity contribution is 7.93. The molecule has 10 rings (SSSR count). The molecule has 1 aliphatic heterocycles. The van der Waals surface area contributed by atoms with Gasteiger partial charge in [-0.05, 0) is 298 Å². The van der Waals surface area contributed by atoms with Crippen molar-refractivity contribution in [1.29, 1.82) is 0 Å². The number of aliphatic hydroxyl groups is 1. The highest BCUT2D eigenvalue weighted by Crippen LogP contribution is 2.37. The highest BCUT2D eigenvalue weighted by Gasteiger charge is 2.34. The number of aryl methyl sites for hydroxylation is 7. The molecule has 0 radical (unpaired) electrons. The fourth-order valence-electron chi connectivity index (χ4n) is 15.4. The number of sulfone groups is 5. The number of halogens is 1. The van der Waals surface area contributed by atoms with Crippen LogP contribution in [0.4, 0.5) is 17.1 Å². The zero-order chi connectivity index (χ0) is 100. The van der Waals surface area contributed by atoms with Gasteiger partial charge in [0.05, 0.1) is 71.8 Å². The van der Waals surface area contributed by atoms with Crippen LogP contribution in [0.3, 0.4) is 0 Å². The van der Waals surface area contributed by atoms with E-state index in [0.29, 0.717) is 57.8 Å². The second-order valence-electron chi connectivity index (χ2n) is 37.4. The van der Waals surface area contributed by atoms with Crippen molar-refractivity contribution in [2.45, 2.75) is 325 Å². The summed E-state index contributed by atoms with van der Waals surface area (Å²) in [6.45, 7) is 23.2. The third-order valence-corrected chi connectivity index (χ3v) is 39.4. The monoisotopic (exact) mass is 2050 g/mol. The first-order chi connectivity index (χ1) is 64.2. The van der Waals surface area contributed by atoms with E-state index in [4.69, 9.17) is 16.0 Å². The molecule has 756 valence electrons. The number of fused-ring (bicyclic) bond motifs is 1. The number of piperidine rings is 1. The molecule has 0 amide bonds. The quantitative estimate of drug-likeness (QED) is 0.0235. The summed E-state index contributed by atoms with van der Waals surface area (Å²) in [7, 11) is -21.3. The molecule has 0 aliphatic carbocycles. The van der Waals surface area contributed by atoms with Gasteiger partial charge in [-0.25, -0.2) is 63.7 Å². The number of unbranched alkanes of at least 4 members (excludes halogenated alkanes) is 20. The standard InChI is InChI=1S/C28H40ClNO3S.C22H31NO4S2.C20H28O4S.C18H26N2O2S2.C17H29NO4S2/c1-22(2)34(32,33)20-8-6-4-5-7-9-24-10-15-27(21-23(24)3)30-18-16-28(31,17-19-30)25-11-13-26(29)14-12-25;1-19(2)28(24,25)18-10-5-3-4-7-11-20-14-16-21(17-15-20)23-29(26,27)22-12-8-6-9-13-22;1-15(2)25(22,23)12-8-6-4-5-7-9-17-13-16(3)20-18(14-17)10-11-19(21)24-20;1-15(2)24(21,22)14-10-5-3-4-9-13-17-19-20-18(23-17)16-11-7-6-8-12-16;1-15(2)24(21,22)14-8-6-4-5-7-9-16-10-12-17(13-11-16)18-23(3,19)20/h10-15,21-22,31H,4-9,16-20H2,1-3H3;6,8-9,12-17,19,23H,3-5,7,10-11,18H2,1-2H3;10-11,13-15H,4-9,12H2,1-3H3;6-8,11-12,15H,3-5,9-10,13-14H2,1-2H3;10-13,15,18H,4-9,14H2,1-3H3. The normalized spacial score (nSPS) is 13.2. The second kappa shape index (κ2) is 58.7. The Bertz CT molecular complexity index is 5940. The molecule has 0 spiro atoms. The zero-order valence-electron chi connectivity index (χ0n) is 82.7. The van der Waals surface area contributed by atoms with Crippen molar-refractivity contribution in [1.82, 2.24) is 10.2 Å². The van der Waals surface area contributed by atoms with Gasteiger partial charge in [-0.2, -0.15) is 0 Å². The van der Waals surface area contributed by atoms with Crippen LogP contribution in [0.5, 0.6) is 0 Å². The molecule has 9 aromatic rings. The number of aromatic nitrogens is 2. The lowest BCUT2D eigenvalue weighted by atomic mass is 9.84. The van der Waals surface area contributed by atoms with Crippen LogP contribution >= 0.6 is 22.9 Å². The molecular formula is C105H154ClN5O17S8. The van der Waals surface area contributed by atoms with Gasteiger partial charge >= 0.3 is 5.63 Å². The molecule has 22 nitrogen and oxygen atoms in total. The number of nitrogens with zero attached hydrogens (tertiary/aromatic N) is 3. The second-order valence-corrected chi connectivity index (χ2v) is 55.8. The van der Waals surface area contributed by atoms with Crippen molar-refractivity contribution in [2.24, 2.45) is 0 Å². The fourth-order valence-corrected chi connectivity index (χ4v) is 23.4. The lowest BCUT2D eigenvalue weighted by Crippen LogP contribution is -2.42. The van der Waals surface area contributed by atoms with Crippen molar-refractivity contribution in [3.8, 4) is 10.6 Å². The van der Waals surface area contributed by atoms with Gasteiger partial charge < -0.3 is 14.4 Å². The van der Waals surface area contributed by atoms with Gasteiger partial charge in [-0.3, -0.25) is 9.44 Å². The Morgan fingerprint density at radius 2 is 0.787 bits per heavy atom. The van der Waals surface area contributed by atoms with E-state index in [-0.39, 0.29) is 42.5 Å². The van der Waals surface area contributed by atoms with E-state index in [9.17, 15) is 68.8 Å². The number of hydrogen-bond donors (Lipinski definition) is 3. The molecule has 2 aromatic heterocycles. The van der Waals surface area contributed by atoms with Gasteiger partial charge in [-0.1, -0.05) is 216 Å². The Hall–Kier alpha value is -7.39. The Labute approximate surface area is 825 Å². The number of nitrogens with one attached hydrogen (secondary N) is 2. The molecule has 1 fully saturated rings. The van der Waals surface area contributed by atoms with Crippen molar-refractivity contribution in [3.63, 3.8) is 0 Å². The maximum atomic E-state index is 12.3. The van der Waals surface area contributed by atoms with Gasteiger partial charge in [0.25, 0.3) is 10.0 Å². The summed E-state index contributed by atoms with van der Waals surface area (Å²) in [5.74, 6) is 1.52. The summed E-state index contributed by atoms with van der Waals surface area (Å²) < 4.78 is 175. The number of anilines is 3. The first kappa shape index (κ1) is 117. The third-order valence-electron chi connectivity index (χ3n) is 24.6. The van der Waals surface area contributed by atoms with Crippen LogP contribution in [0.25, 0.3) is 21.5 Å². The van der Waals surface area contributed by atoms with E-state index >= 15 is 0 Å². The molecule has 1 aliphatic rings. The number of hydrogen-bond acceptors (Lipinski definition) is 21. The number of benzene rings is 7. The molecule has 0 saturated carbocycles. The van der Waals surface area contributed by atoms with Crippen LogP contribution in [-0.4, -0.2) is 149 Å². The smallest absolute Gasteiger partial charge is 0.336 e. The average molecular weight is 2050 g/mol. The molecule has 3 N–H and O–H groups in total. The maximum absolute atomic E-state index is 12.3. The molecule has 1 saturated heterocycles. The molecule has 0 unspecified atom stereocenters. The van der Waals surface area contributed by atoms with Crippen LogP contribution in [0.1, 0.15) is 287 Å².